The first-order valence-electron chi connectivity index (χ1n) is 7.85. The lowest BCUT2D eigenvalue weighted by atomic mass is 9.95. The molecule has 1 aliphatic heterocycles. The van der Waals surface area contributed by atoms with Crippen LogP contribution in [-0.2, 0) is 11.2 Å². The number of ether oxygens (including phenoxy) is 1. The van der Waals surface area contributed by atoms with E-state index in [9.17, 15) is 0 Å². The number of anilines is 1. The third-order valence-electron chi connectivity index (χ3n) is 4.06. The van der Waals surface area contributed by atoms with Crippen molar-refractivity contribution in [2.24, 2.45) is 0 Å². The van der Waals surface area contributed by atoms with Gasteiger partial charge in [0, 0.05) is 25.4 Å². The van der Waals surface area contributed by atoms with Crippen LogP contribution in [0.5, 0.6) is 0 Å². The molecule has 0 aromatic heterocycles. The zero-order valence-corrected chi connectivity index (χ0v) is 13.7. The molecule has 1 aliphatic rings. The molecule has 0 saturated carbocycles. The molecule has 0 spiro atoms. The van der Waals surface area contributed by atoms with E-state index in [1.807, 2.05) is 6.08 Å². The summed E-state index contributed by atoms with van der Waals surface area (Å²) in [4.78, 5) is 2.51. The Bertz CT molecular complexity index is 528. The lowest BCUT2D eigenvalue weighted by molar-refractivity contribution is 0.234. The Morgan fingerprint density at radius 3 is 2.90 bits per heavy atom. The highest BCUT2D eigenvalue weighted by Gasteiger charge is 2.19. The van der Waals surface area contributed by atoms with E-state index in [2.05, 4.69) is 56.0 Å². The molecule has 0 unspecified atom stereocenters. The van der Waals surface area contributed by atoms with Crippen molar-refractivity contribution in [2.75, 3.05) is 25.2 Å². The fraction of sp³-hybridized carbons (Fsp3) is 0.474. The highest BCUT2D eigenvalue weighted by atomic mass is 16.5. The molecule has 0 atom stereocenters. The zero-order chi connectivity index (χ0) is 15.2. The highest BCUT2D eigenvalue weighted by Crippen LogP contribution is 2.31. The molecule has 21 heavy (non-hydrogen) atoms. The van der Waals surface area contributed by atoms with Gasteiger partial charge in [0.25, 0.3) is 0 Å². The van der Waals surface area contributed by atoms with Crippen LogP contribution in [0.25, 0.3) is 5.57 Å². The summed E-state index contributed by atoms with van der Waals surface area (Å²) >= 11 is 0. The Morgan fingerprint density at radius 2 is 2.19 bits per heavy atom. The number of methoxy groups -OCH3 is 1. The molecule has 0 radical (unpaired) electrons. The van der Waals surface area contributed by atoms with E-state index >= 15 is 0 Å². The second kappa shape index (κ2) is 7.46. The maximum absolute atomic E-state index is 5.02. The third kappa shape index (κ3) is 3.98. The smallest absolute Gasteiger partial charge is 0.0646 e. The van der Waals surface area contributed by atoms with Gasteiger partial charge in [0.2, 0.25) is 0 Å². The van der Waals surface area contributed by atoms with Crippen molar-refractivity contribution in [3.05, 3.63) is 47.6 Å². The van der Waals surface area contributed by atoms with Crippen molar-refractivity contribution in [1.29, 1.82) is 0 Å². The van der Waals surface area contributed by atoms with Crippen molar-refractivity contribution >= 4 is 11.3 Å². The summed E-state index contributed by atoms with van der Waals surface area (Å²) in [5.41, 5.74) is 5.53. The minimum atomic E-state index is 0.573. The van der Waals surface area contributed by atoms with Crippen molar-refractivity contribution in [2.45, 2.75) is 39.7 Å². The summed E-state index contributed by atoms with van der Waals surface area (Å²) in [5, 5.41) is 0. The van der Waals surface area contributed by atoms with Crippen molar-refractivity contribution in [3.8, 4) is 0 Å². The molecule has 0 amide bonds. The molecule has 1 aromatic rings. The highest BCUT2D eigenvalue weighted by molar-refractivity contribution is 5.69. The number of allylic oxidation sites excluding steroid dienone is 3. The third-order valence-corrected chi connectivity index (χ3v) is 4.06. The molecular formula is C19H27NO. The number of nitrogens with zero attached hydrogens (tertiary/aromatic N) is 1. The lowest BCUT2D eigenvalue weighted by Crippen LogP contribution is -2.35. The first kappa shape index (κ1) is 15.8. The van der Waals surface area contributed by atoms with E-state index in [0.717, 1.165) is 0 Å². The number of hydrogen-bond acceptors (Lipinski definition) is 2. The maximum Gasteiger partial charge on any atom is 0.0646 e. The van der Waals surface area contributed by atoms with Crippen molar-refractivity contribution < 1.29 is 4.74 Å². The largest absolute Gasteiger partial charge is 0.381 e. The molecule has 1 aromatic carbocycles. The Balaban J connectivity index is 2.21. The van der Waals surface area contributed by atoms with Crippen LogP contribution in [-0.4, -0.2) is 26.3 Å². The van der Waals surface area contributed by atoms with Crippen LogP contribution in [0.3, 0.4) is 0 Å². The predicted octanol–water partition coefficient (Wildman–Crippen LogP) is 4.45. The monoisotopic (exact) mass is 285 g/mol. The molecule has 2 heteroatoms. The van der Waals surface area contributed by atoms with E-state index in [1.54, 1.807) is 7.11 Å². The van der Waals surface area contributed by atoms with E-state index in [4.69, 9.17) is 4.74 Å². The predicted molar refractivity (Wildman–Crippen MR) is 91.9 cm³/mol. The van der Waals surface area contributed by atoms with Crippen LogP contribution in [0.4, 0.5) is 5.69 Å². The molecule has 0 fully saturated rings. The second-order valence-corrected chi connectivity index (χ2v) is 5.97. The van der Waals surface area contributed by atoms with Gasteiger partial charge in [-0.15, -0.1) is 0 Å². The van der Waals surface area contributed by atoms with Gasteiger partial charge in [-0.1, -0.05) is 24.3 Å². The number of fused-ring (bicyclic) bond motifs is 1. The Morgan fingerprint density at radius 1 is 1.38 bits per heavy atom. The van der Waals surface area contributed by atoms with Crippen LogP contribution >= 0.6 is 0 Å². The lowest BCUT2D eigenvalue weighted by Gasteiger charge is -2.35. The maximum atomic E-state index is 5.02. The average Bonchev–Trinajstić information content (AvgIpc) is 2.50. The summed E-state index contributed by atoms with van der Waals surface area (Å²) in [7, 11) is 1.71. The van der Waals surface area contributed by atoms with Crippen LogP contribution in [0.15, 0.2) is 36.4 Å². The van der Waals surface area contributed by atoms with E-state index < -0.39 is 0 Å². The van der Waals surface area contributed by atoms with Crippen LogP contribution in [0, 0.1) is 0 Å². The number of benzene rings is 1. The molecule has 0 bridgehead atoms. The number of rotatable bonds is 5. The first-order chi connectivity index (χ1) is 10.1. The quantitative estimate of drug-likeness (QED) is 0.741. The molecule has 2 nitrogen and oxygen atoms in total. The summed E-state index contributed by atoms with van der Waals surface area (Å²) in [6, 6.07) is 7.47. The number of hydrogen-bond donors (Lipinski definition) is 0. The fourth-order valence-electron chi connectivity index (χ4n) is 2.87. The zero-order valence-electron chi connectivity index (χ0n) is 13.7. The van der Waals surface area contributed by atoms with Crippen LogP contribution in [0.2, 0.25) is 0 Å². The van der Waals surface area contributed by atoms with Gasteiger partial charge in [-0.2, -0.15) is 0 Å². The summed E-state index contributed by atoms with van der Waals surface area (Å²) in [5.74, 6) is 0. The van der Waals surface area contributed by atoms with Gasteiger partial charge >= 0.3 is 0 Å². The SMILES string of the molecule is COCC=CC=C(C)c1ccc2c(c1)CCCN2C(C)C. The van der Waals surface area contributed by atoms with Gasteiger partial charge in [0.15, 0.2) is 0 Å². The second-order valence-electron chi connectivity index (χ2n) is 5.97. The topological polar surface area (TPSA) is 12.5 Å². The fourth-order valence-corrected chi connectivity index (χ4v) is 2.87. The standard InChI is InChI=1S/C19H27NO/c1-15(2)20-12-7-9-18-14-17(10-11-19(18)20)16(3)8-5-6-13-21-4/h5-6,8,10-11,14-15H,7,9,12-13H2,1-4H3. The van der Waals surface area contributed by atoms with Crippen molar-refractivity contribution in [3.63, 3.8) is 0 Å². The summed E-state index contributed by atoms with van der Waals surface area (Å²) in [6.07, 6.45) is 8.70. The molecule has 2 rings (SSSR count). The summed E-state index contributed by atoms with van der Waals surface area (Å²) in [6.45, 7) is 8.56. The Labute approximate surface area is 129 Å². The number of aryl methyl sites for hydroxylation is 1. The minimum absolute atomic E-state index is 0.573. The molecule has 0 aliphatic carbocycles. The van der Waals surface area contributed by atoms with Gasteiger partial charge in [0.1, 0.15) is 0 Å². The first-order valence-corrected chi connectivity index (χ1v) is 7.85. The van der Waals surface area contributed by atoms with Gasteiger partial charge in [-0.3, -0.25) is 0 Å². The Hall–Kier alpha value is -1.54. The van der Waals surface area contributed by atoms with Gasteiger partial charge in [-0.25, -0.2) is 0 Å². The molecule has 0 saturated heterocycles. The molecular weight excluding hydrogens is 258 g/mol. The van der Waals surface area contributed by atoms with Crippen LogP contribution in [0.1, 0.15) is 38.3 Å². The molecule has 1 heterocycles. The van der Waals surface area contributed by atoms with Crippen molar-refractivity contribution in [1.82, 2.24) is 0 Å². The van der Waals surface area contributed by atoms with Gasteiger partial charge in [-0.05, 0) is 62.4 Å². The van der Waals surface area contributed by atoms with E-state index in [-0.39, 0.29) is 0 Å². The summed E-state index contributed by atoms with van der Waals surface area (Å²) < 4.78 is 5.02. The van der Waals surface area contributed by atoms with E-state index in [0.29, 0.717) is 12.6 Å². The average molecular weight is 285 g/mol. The Kier molecular flexibility index (Phi) is 5.63. The van der Waals surface area contributed by atoms with Gasteiger partial charge in [0.05, 0.1) is 6.61 Å². The minimum Gasteiger partial charge on any atom is -0.381 e. The normalized spacial score (nSPS) is 15.9. The molecule has 0 N–H and O–H groups in total. The van der Waals surface area contributed by atoms with Gasteiger partial charge < -0.3 is 9.64 Å². The van der Waals surface area contributed by atoms with Crippen LogP contribution < -0.4 is 4.90 Å². The van der Waals surface area contributed by atoms with E-state index in [1.165, 1.54) is 41.8 Å². The molecule has 114 valence electrons.